The number of carbonyl (C=O) groups is 1. The standard InChI is InChI=1S/C20H18Cl4N4O2S/c1-3-28-19(11(2)30-17-7-4-12(21)8-16(17)24)26-27-20(28)31-10-18(29)25-13-5-6-14(22)15(23)9-13/h4-9,11H,3,10H2,1-2H3,(H,25,29). The minimum absolute atomic E-state index is 0.149. The summed E-state index contributed by atoms with van der Waals surface area (Å²) in [7, 11) is 0. The molecule has 0 bridgehead atoms. The second-order valence-electron chi connectivity index (χ2n) is 6.39. The molecule has 2 aromatic carbocycles. The molecule has 1 amide bonds. The molecule has 164 valence electrons. The molecule has 1 N–H and O–H groups in total. The van der Waals surface area contributed by atoms with E-state index < -0.39 is 6.10 Å². The zero-order chi connectivity index (χ0) is 22.5. The summed E-state index contributed by atoms with van der Waals surface area (Å²) in [6.07, 6.45) is -0.412. The predicted octanol–water partition coefficient (Wildman–Crippen LogP) is 6.78. The van der Waals surface area contributed by atoms with Crippen LogP contribution in [0.4, 0.5) is 5.69 Å². The van der Waals surface area contributed by atoms with Gasteiger partial charge < -0.3 is 14.6 Å². The van der Waals surface area contributed by atoms with E-state index in [-0.39, 0.29) is 11.7 Å². The van der Waals surface area contributed by atoms with Crippen molar-refractivity contribution in [3.8, 4) is 5.75 Å². The van der Waals surface area contributed by atoms with Crippen LogP contribution in [0.2, 0.25) is 20.1 Å². The molecule has 3 aromatic rings. The number of thioether (sulfide) groups is 1. The first-order valence-corrected chi connectivity index (χ1v) is 11.7. The van der Waals surface area contributed by atoms with Crippen LogP contribution in [0.25, 0.3) is 0 Å². The van der Waals surface area contributed by atoms with E-state index in [1.54, 1.807) is 36.4 Å². The van der Waals surface area contributed by atoms with E-state index >= 15 is 0 Å². The Labute approximate surface area is 204 Å². The highest BCUT2D eigenvalue weighted by atomic mass is 35.5. The van der Waals surface area contributed by atoms with Crippen molar-refractivity contribution in [1.29, 1.82) is 0 Å². The van der Waals surface area contributed by atoms with Crippen LogP contribution in [-0.2, 0) is 11.3 Å². The monoisotopic (exact) mass is 518 g/mol. The van der Waals surface area contributed by atoms with Crippen LogP contribution in [0.15, 0.2) is 41.6 Å². The van der Waals surface area contributed by atoms with Crippen molar-refractivity contribution in [2.75, 3.05) is 11.1 Å². The fourth-order valence-electron chi connectivity index (χ4n) is 2.72. The maximum absolute atomic E-state index is 12.3. The molecule has 11 heteroatoms. The largest absolute Gasteiger partial charge is 0.481 e. The molecular weight excluding hydrogens is 502 g/mol. The third-order valence-electron chi connectivity index (χ3n) is 4.16. The molecule has 0 saturated carbocycles. The van der Waals surface area contributed by atoms with Gasteiger partial charge in [0.1, 0.15) is 5.75 Å². The molecule has 3 rings (SSSR count). The third-order valence-corrected chi connectivity index (χ3v) is 6.39. The number of nitrogens with zero attached hydrogens (tertiary/aromatic N) is 3. The Kier molecular flexibility index (Phi) is 8.36. The molecule has 0 saturated heterocycles. The van der Waals surface area contributed by atoms with Gasteiger partial charge in [0, 0.05) is 17.3 Å². The highest BCUT2D eigenvalue weighted by Gasteiger charge is 2.20. The van der Waals surface area contributed by atoms with Crippen molar-refractivity contribution in [3.05, 3.63) is 62.3 Å². The Bertz CT molecular complexity index is 1090. The van der Waals surface area contributed by atoms with Gasteiger partial charge in [-0.15, -0.1) is 10.2 Å². The number of halogens is 4. The van der Waals surface area contributed by atoms with Crippen molar-refractivity contribution in [3.63, 3.8) is 0 Å². The lowest BCUT2D eigenvalue weighted by Gasteiger charge is -2.16. The molecule has 0 fully saturated rings. The van der Waals surface area contributed by atoms with Crippen LogP contribution in [0.5, 0.6) is 5.75 Å². The molecule has 0 aliphatic rings. The minimum Gasteiger partial charge on any atom is -0.481 e. The Balaban J connectivity index is 1.65. The molecule has 1 unspecified atom stereocenters. The summed E-state index contributed by atoms with van der Waals surface area (Å²) < 4.78 is 7.84. The number of rotatable bonds is 8. The van der Waals surface area contributed by atoms with Gasteiger partial charge in [-0.1, -0.05) is 58.2 Å². The number of anilines is 1. The van der Waals surface area contributed by atoms with E-state index in [9.17, 15) is 4.79 Å². The smallest absolute Gasteiger partial charge is 0.234 e. The van der Waals surface area contributed by atoms with Crippen LogP contribution >= 0.6 is 58.2 Å². The molecule has 0 spiro atoms. The number of nitrogens with one attached hydrogen (secondary N) is 1. The summed E-state index contributed by atoms with van der Waals surface area (Å²) in [4.78, 5) is 12.3. The van der Waals surface area contributed by atoms with Gasteiger partial charge in [-0.05, 0) is 50.2 Å². The number of hydrogen-bond donors (Lipinski definition) is 1. The van der Waals surface area contributed by atoms with Gasteiger partial charge in [-0.3, -0.25) is 4.79 Å². The molecular formula is C20H18Cl4N4O2S. The van der Waals surface area contributed by atoms with E-state index in [1.165, 1.54) is 11.8 Å². The molecule has 1 aromatic heterocycles. The first kappa shape index (κ1) is 24.0. The minimum atomic E-state index is -0.412. The summed E-state index contributed by atoms with van der Waals surface area (Å²) in [6, 6.07) is 9.93. The zero-order valence-electron chi connectivity index (χ0n) is 16.5. The normalized spacial score (nSPS) is 11.9. The third kappa shape index (κ3) is 6.20. The van der Waals surface area contributed by atoms with Crippen LogP contribution in [0.1, 0.15) is 25.8 Å². The number of benzene rings is 2. The van der Waals surface area contributed by atoms with Crippen LogP contribution in [0.3, 0.4) is 0 Å². The molecule has 1 atom stereocenters. The Morgan fingerprint density at radius 3 is 2.55 bits per heavy atom. The van der Waals surface area contributed by atoms with Crippen molar-refractivity contribution in [1.82, 2.24) is 14.8 Å². The van der Waals surface area contributed by atoms with Gasteiger partial charge in [-0.25, -0.2) is 0 Å². The Hall–Kier alpha value is -1.64. The average Bonchev–Trinajstić information content (AvgIpc) is 3.14. The van der Waals surface area contributed by atoms with Gasteiger partial charge >= 0.3 is 0 Å². The lowest BCUT2D eigenvalue weighted by molar-refractivity contribution is -0.113. The van der Waals surface area contributed by atoms with Gasteiger partial charge in [0.2, 0.25) is 5.91 Å². The van der Waals surface area contributed by atoms with Gasteiger partial charge in [-0.2, -0.15) is 0 Å². The van der Waals surface area contributed by atoms with Crippen molar-refractivity contribution in [2.24, 2.45) is 0 Å². The number of amides is 1. The molecule has 31 heavy (non-hydrogen) atoms. The molecule has 0 aliphatic heterocycles. The maximum atomic E-state index is 12.3. The second-order valence-corrected chi connectivity index (χ2v) is 8.99. The van der Waals surface area contributed by atoms with E-state index in [0.29, 0.717) is 49.1 Å². The first-order valence-electron chi connectivity index (χ1n) is 9.21. The van der Waals surface area contributed by atoms with Gasteiger partial charge in [0.25, 0.3) is 0 Å². The van der Waals surface area contributed by atoms with E-state index in [1.807, 2.05) is 18.4 Å². The predicted molar refractivity (Wildman–Crippen MR) is 127 cm³/mol. The van der Waals surface area contributed by atoms with Crippen molar-refractivity contribution in [2.45, 2.75) is 31.7 Å². The Morgan fingerprint density at radius 1 is 1.10 bits per heavy atom. The maximum Gasteiger partial charge on any atom is 0.234 e. The number of carbonyl (C=O) groups excluding carboxylic acids is 1. The topological polar surface area (TPSA) is 69.0 Å². The second kappa shape index (κ2) is 10.8. The first-order chi connectivity index (χ1) is 14.8. The quantitative estimate of drug-likeness (QED) is 0.332. The molecule has 0 radical (unpaired) electrons. The van der Waals surface area contributed by atoms with E-state index in [2.05, 4.69) is 15.5 Å². The van der Waals surface area contributed by atoms with Crippen LogP contribution in [-0.4, -0.2) is 26.4 Å². The number of hydrogen-bond acceptors (Lipinski definition) is 5. The summed E-state index contributed by atoms with van der Waals surface area (Å²) >= 11 is 25.3. The van der Waals surface area contributed by atoms with Gasteiger partial charge in [0.15, 0.2) is 17.1 Å². The van der Waals surface area contributed by atoms with Crippen LogP contribution in [0, 0.1) is 0 Å². The van der Waals surface area contributed by atoms with Gasteiger partial charge in [0.05, 0.1) is 20.8 Å². The van der Waals surface area contributed by atoms with Crippen molar-refractivity contribution < 1.29 is 9.53 Å². The van der Waals surface area contributed by atoms with E-state index in [0.717, 1.165) is 0 Å². The lowest BCUT2D eigenvalue weighted by atomic mass is 10.3. The van der Waals surface area contributed by atoms with E-state index in [4.69, 9.17) is 51.1 Å². The number of aromatic nitrogens is 3. The molecule has 6 nitrogen and oxygen atoms in total. The van der Waals surface area contributed by atoms with Crippen molar-refractivity contribution >= 4 is 69.8 Å². The molecule has 1 heterocycles. The fourth-order valence-corrected chi connectivity index (χ4v) is 4.28. The highest BCUT2D eigenvalue weighted by Crippen LogP contribution is 2.32. The summed E-state index contributed by atoms with van der Waals surface area (Å²) in [5.41, 5.74) is 0.569. The fraction of sp³-hybridized carbons (Fsp3) is 0.250. The lowest BCUT2D eigenvalue weighted by Crippen LogP contribution is -2.15. The molecule has 0 aliphatic carbocycles. The highest BCUT2D eigenvalue weighted by molar-refractivity contribution is 7.99. The van der Waals surface area contributed by atoms with Crippen LogP contribution < -0.4 is 10.1 Å². The summed E-state index contributed by atoms with van der Waals surface area (Å²) in [6.45, 7) is 4.43. The number of ether oxygens (including phenoxy) is 1. The summed E-state index contributed by atoms with van der Waals surface area (Å²) in [5, 5.41) is 13.6. The zero-order valence-corrected chi connectivity index (χ0v) is 20.4. The summed E-state index contributed by atoms with van der Waals surface area (Å²) in [5.74, 6) is 1.07. The SMILES string of the molecule is CCn1c(SCC(=O)Nc2ccc(Cl)c(Cl)c2)nnc1C(C)Oc1ccc(Cl)cc1Cl. The average molecular weight is 520 g/mol. The Morgan fingerprint density at radius 2 is 1.87 bits per heavy atom.